The Morgan fingerprint density at radius 1 is 1.13 bits per heavy atom. The molecule has 1 aliphatic rings. The number of furan rings is 1. The number of fused-ring (bicyclic) bond motifs is 1. The summed E-state index contributed by atoms with van der Waals surface area (Å²) >= 11 is 3.44. The topological polar surface area (TPSA) is 96.9 Å². The molecule has 3 aromatic rings. The number of nitrogens with zero attached hydrogens (tertiary/aromatic N) is 3. The van der Waals surface area contributed by atoms with Crippen LogP contribution in [0.2, 0.25) is 0 Å². The van der Waals surface area contributed by atoms with Crippen molar-refractivity contribution in [3.8, 4) is 0 Å². The number of hydrogen-bond donors (Lipinski definition) is 0. The van der Waals surface area contributed by atoms with Gasteiger partial charge in [-0.2, -0.15) is 4.31 Å². The molecule has 3 heterocycles. The van der Waals surface area contributed by atoms with Crippen molar-refractivity contribution in [1.29, 1.82) is 0 Å². The molecule has 30 heavy (non-hydrogen) atoms. The fraction of sp³-hybridized carbons (Fsp3) is 0.400. The Kier molecular flexibility index (Phi) is 5.50. The SMILES string of the molecule is Cc1noc(C)c1S(=O)(=O)N1CCCN(C(=O)c2oc3ccc(Br)cc3c2C)CC1. The van der Waals surface area contributed by atoms with Gasteiger partial charge in [-0.25, -0.2) is 8.42 Å². The standard InChI is InChI=1S/C20H22BrN3O5S/c1-12-16-11-15(21)5-6-17(16)28-18(12)20(25)23-7-4-8-24(10-9-23)30(26,27)19-13(2)22-29-14(19)3/h5-6,11H,4,7-10H2,1-3H3. The van der Waals surface area contributed by atoms with Gasteiger partial charge < -0.3 is 13.8 Å². The van der Waals surface area contributed by atoms with Gasteiger partial charge >= 0.3 is 0 Å². The molecule has 0 radical (unpaired) electrons. The predicted molar refractivity (Wildman–Crippen MR) is 114 cm³/mol. The van der Waals surface area contributed by atoms with Crippen LogP contribution in [0, 0.1) is 20.8 Å². The van der Waals surface area contributed by atoms with Crippen LogP contribution in [0.25, 0.3) is 11.0 Å². The maximum Gasteiger partial charge on any atom is 0.289 e. The molecule has 1 amide bonds. The molecule has 160 valence electrons. The Morgan fingerprint density at radius 2 is 1.90 bits per heavy atom. The Balaban J connectivity index is 1.56. The van der Waals surface area contributed by atoms with E-state index in [0.29, 0.717) is 36.5 Å². The van der Waals surface area contributed by atoms with Gasteiger partial charge in [-0.15, -0.1) is 0 Å². The second-order valence-corrected chi connectivity index (χ2v) is 10.2. The smallest absolute Gasteiger partial charge is 0.289 e. The van der Waals surface area contributed by atoms with E-state index in [-0.39, 0.29) is 29.7 Å². The van der Waals surface area contributed by atoms with Gasteiger partial charge in [0.2, 0.25) is 10.0 Å². The molecule has 2 aromatic heterocycles. The normalized spacial score (nSPS) is 16.2. The van der Waals surface area contributed by atoms with Crippen LogP contribution in [0.3, 0.4) is 0 Å². The van der Waals surface area contributed by atoms with Crippen LogP contribution < -0.4 is 0 Å². The summed E-state index contributed by atoms with van der Waals surface area (Å²) in [5, 5.41) is 4.64. The number of aromatic nitrogens is 1. The minimum Gasteiger partial charge on any atom is -0.451 e. The van der Waals surface area contributed by atoms with Crippen molar-refractivity contribution in [2.75, 3.05) is 26.2 Å². The first-order valence-electron chi connectivity index (χ1n) is 9.61. The molecule has 1 saturated heterocycles. The summed E-state index contributed by atoms with van der Waals surface area (Å²) in [6, 6.07) is 5.61. The minimum absolute atomic E-state index is 0.112. The van der Waals surface area contributed by atoms with Crippen LogP contribution in [0.15, 0.2) is 36.5 Å². The maximum atomic E-state index is 13.1. The molecule has 0 atom stereocenters. The molecule has 0 unspecified atom stereocenters. The molecule has 0 bridgehead atoms. The first-order valence-corrected chi connectivity index (χ1v) is 11.8. The molecule has 0 N–H and O–H groups in total. The second kappa shape index (κ2) is 7.82. The summed E-state index contributed by atoms with van der Waals surface area (Å²) in [6.45, 7) is 6.31. The van der Waals surface area contributed by atoms with E-state index in [1.165, 1.54) is 4.31 Å². The summed E-state index contributed by atoms with van der Waals surface area (Å²) in [6.07, 6.45) is 0.527. The number of carbonyl (C=O) groups excluding carboxylic acids is 1. The van der Waals surface area contributed by atoms with E-state index in [9.17, 15) is 13.2 Å². The van der Waals surface area contributed by atoms with E-state index in [1.54, 1.807) is 18.7 Å². The van der Waals surface area contributed by atoms with Crippen molar-refractivity contribution in [2.24, 2.45) is 0 Å². The van der Waals surface area contributed by atoms with E-state index in [1.807, 2.05) is 25.1 Å². The molecule has 0 saturated carbocycles. The molecule has 10 heteroatoms. The summed E-state index contributed by atoms with van der Waals surface area (Å²) in [7, 11) is -3.74. The highest BCUT2D eigenvalue weighted by molar-refractivity contribution is 9.10. The number of hydrogen-bond acceptors (Lipinski definition) is 6. The van der Waals surface area contributed by atoms with Crippen molar-refractivity contribution in [1.82, 2.24) is 14.4 Å². The molecule has 4 rings (SSSR count). The summed E-state index contributed by atoms with van der Waals surface area (Å²) in [5.74, 6) is 0.343. The molecular formula is C20H22BrN3O5S. The Morgan fingerprint density at radius 3 is 2.60 bits per heavy atom. The van der Waals surface area contributed by atoms with Crippen LogP contribution in [0.1, 0.15) is 34.0 Å². The van der Waals surface area contributed by atoms with Crippen LogP contribution in [0.4, 0.5) is 0 Å². The number of benzene rings is 1. The van der Waals surface area contributed by atoms with Gasteiger partial charge in [0.15, 0.2) is 11.5 Å². The first-order chi connectivity index (χ1) is 14.2. The van der Waals surface area contributed by atoms with Gasteiger partial charge in [-0.3, -0.25) is 4.79 Å². The van der Waals surface area contributed by atoms with Gasteiger partial charge in [-0.05, 0) is 45.4 Å². The molecule has 0 aliphatic carbocycles. The quantitative estimate of drug-likeness (QED) is 0.549. The fourth-order valence-corrected chi connectivity index (χ4v) is 5.97. The molecular weight excluding hydrogens is 474 g/mol. The number of aryl methyl sites for hydroxylation is 3. The zero-order valence-corrected chi connectivity index (χ0v) is 19.3. The van der Waals surface area contributed by atoms with E-state index >= 15 is 0 Å². The third-order valence-electron chi connectivity index (χ3n) is 5.40. The largest absolute Gasteiger partial charge is 0.451 e. The maximum absolute atomic E-state index is 13.1. The Labute approximate surface area is 183 Å². The lowest BCUT2D eigenvalue weighted by molar-refractivity contribution is 0.0733. The third-order valence-corrected chi connectivity index (χ3v) is 8.04. The van der Waals surface area contributed by atoms with Crippen molar-refractivity contribution in [2.45, 2.75) is 32.1 Å². The van der Waals surface area contributed by atoms with Gasteiger partial charge in [0.1, 0.15) is 16.2 Å². The molecule has 0 spiro atoms. The van der Waals surface area contributed by atoms with Crippen LogP contribution in [0.5, 0.6) is 0 Å². The van der Waals surface area contributed by atoms with Gasteiger partial charge in [0.25, 0.3) is 5.91 Å². The number of halogens is 1. The van der Waals surface area contributed by atoms with E-state index < -0.39 is 10.0 Å². The molecule has 1 aliphatic heterocycles. The molecule has 1 fully saturated rings. The van der Waals surface area contributed by atoms with Crippen molar-refractivity contribution >= 4 is 42.8 Å². The van der Waals surface area contributed by atoms with E-state index in [2.05, 4.69) is 21.1 Å². The molecule has 1 aromatic carbocycles. The Hall–Kier alpha value is -2.17. The second-order valence-electron chi connectivity index (χ2n) is 7.40. The van der Waals surface area contributed by atoms with Crippen molar-refractivity contribution in [3.05, 3.63) is 45.4 Å². The monoisotopic (exact) mass is 495 g/mol. The molecule has 8 nitrogen and oxygen atoms in total. The fourth-order valence-electron chi connectivity index (χ4n) is 3.85. The number of carbonyl (C=O) groups is 1. The number of amides is 1. The lowest BCUT2D eigenvalue weighted by Crippen LogP contribution is -2.37. The lowest BCUT2D eigenvalue weighted by Gasteiger charge is -2.21. The highest BCUT2D eigenvalue weighted by Crippen LogP contribution is 2.29. The summed E-state index contributed by atoms with van der Waals surface area (Å²) in [5.41, 5.74) is 1.77. The van der Waals surface area contributed by atoms with Crippen molar-refractivity contribution < 1.29 is 22.2 Å². The van der Waals surface area contributed by atoms with Crippen LogP contribution in [-0.4, -0.2) is 54.9 Å². The number of sulfonamides is 1. The average molecular weight is 496 g/mol. The van der Waals surface area contributed by atoms with E-state index in [0.717, 1.165) is 15.4 Å². The van der Waals surface area contributed by atoms with E-state index in [4.69, 9.17) is 8.94 Å². The van der Waals surface area contributed by atoms with Gasteiger partial charge in [0.05, 0.1) is 0 Å². The average Bonchev–Trinajstić information content (AvgIpc) is 3.08. The van der Waals surface area contributed by atoms with Crippen molar-refractivity contribution in [3.63, 3.8) is 0 Å². The zero-order chi connectivity index (χ0) is 21.6. The van der Waals surface area contributed by atoms with Crippen LogP contribution in [-0.2, 0) is 10.0 Å². The highest BCUT2D eigenvalue weighted by atomic mass is 79.9. The lowest BCUT2D eigenvalue weighted by atomic mass is 10.1. The Bertz CT molecular complexity index is 1210. The highest BCUT2D eigenvalue weighted by Gasteiger charge is 2.33. The summed E-state index contributed by atoms with van der Waals surface area (Å²) in [4.78, 5) is 14.9. The van der Waals surface area contributed by atoms with Gasteiger partial charge in [-0.1, -0.05) is 21.1 Å². The third kappa shape index (κ3) is 3.57. The van der Waals surface area contributed by atoms with Crippen LogP contribution >= 0.6 is 15.9 Å². The zero-order valence-electron chi connectivity index (χ0n) is 16.9. The van der Waals surface area contributed by atoms with Gasteiger partial charge in [0, 0.05) is 41.6 Å². The summed E-state index contributed by atoms with van der Waals surface area (Å²) < 4.78 is 39.4. The number of rotatable bonds is 3. The first kappa shape index (κ1) is 21.1. The predicted octanol–water partition coefficient (Wildman–Crippen LogP) is 3.65. The minimum atomic E-state index is -3.74.